The van der Waals surface area contributed by atoms with E-state index in [4.69, 9.17) is 0 Å². The molecule has 1 aliphatic heterocycles. The van der Waals surface area contributed by atoms with Crippen molar-refractivity contribution >= 4 is 17.4 Å². The van der Waals surface area contributed by atoms with Crippen molar-refractivity contribution in [2.45, 2.75) is 40.5 Å². The molecule has 8 heteroatoms. The Morgan fingerprint density at radius 3 is 2.42 bits per heavy atom. The topological polar surface area (TPSA) is 79.5 Å². The molecule has 0 atom stereocenters. The van der Waals surface area contributed by atoms with Crippen LogP contribution in [0.25, 0.3) is 5.65 Å². The van der Waals surface area contributed by atoms with Crippen LogP contribution in [0.15, 0.2) is 12.1 Å². The van der Waals surface area contributed by atoms with Gasteiger partial charge in [0.15, 0.2) is 11.5 Å². The zero-order chi connectivity index (χ0) is 18.7. The van der Waals surface area contributed by atoms with E-state index >= 15 is 0 Å². The second-order valence-electron chi connectivity index (χ2n) is 8.01. The molecule has 0 bridgehead atoms. The summed E-state index contributed by atoms with van der Waals surface area (Å²) in [5, 5.41) is 15.8. The number of anilines is 1. The van der Waals surface area contributed by atoms with Crippen molar-refractivity contribution < 1.29 is 4.79 Å². The molecule has 142 valence electrons. The molecule has 0 saturated carbocycles. The summed E-state index contributed by atoms with van der Waals surface area (Å²) in [6.45, 7) is 12.0. The lowest BCUT2D eigenvalue weighted by atomic mass is 9.94. The van der Waals surface area contributed by atoms with Crippen LogP contribution in [0.5, 0.6) is 0 Å². The average Bonchev–Trinajstić information content (AvgIpc) is 3.07. The zero-order valence-electron chi connectivity index (χ0n) is 16.2. The van der Waals surface area contributed by atoms with E-state index < -0.39 is 0 Å². The van der Waals surface area contributed by atoms with Gasteiger partial charge in [0.2, 0.25) is 5.91 Å². The Labute approximate surface area is 154 Å². The number of fused-ring (bicyclic) bond motifs is 1. The largest absolute Gasteiger partial charge is 0.355 e. The molecule has 0 radical (unpaired) electrons. The lowest BCUT2D eigenvalue weighted by molar-refractivity contribution is -0.137. The van der Waals surface area contributed by atoms with Gasteiger partial charge in [-0.05, 0) is 47.2 Å². The summed E-state index contributed by atoms with van der Waals surface area (Å²) in [7, 11) is 0. The number of carbonyl (C=O) groups is 1. The summed E-state index contributed by atoms with van der Waals surface area (Å²) >= 11 is 0. The lowest BCUT2D eigenvalue weighted by Crippen LogP contribution is -2.45. The summed E-state index contributed by atoms with van der Waals surface area (Å²) in [6.07, 6.45) is 1.72. The molecule has 3 rings (SSSR count). The van der Waals surface area contributed by atoms with E-state index in [9.17, 15) is 4.79 Å². The van der Waals surface area contributed by atoms with Crippen LogP contribution in [0.2, 0.25) is 0 Å². The van der Waals surface area contributed by atoms with Gasteiger partial charge < -0.3 is 9.80 Å². The summed E-state index contributed by atoms with van der Waals surface area (Å²) in [5.41, 5.74) is 0.636. The summed E-state index contributed by atoms with van der Waals surface area (Å²) < 4.78 is 1.44. The first kappa shape index (κ1) is 18.5. The SMILES string of the molecule is CC(C)CN(CC(C)C)C(=O)C1CCN(c2ccc3nnnn3n2)CC1. The average molecular weight is 359 g/mol. The van der Waals surface area contributed by atoms with Crippen LogP contribution in [0.4, 0.5) is 5.82 Å². The van der Waals surface area contributed by atoms with E-state index in [-0.39, 0.29) is 5.92 Å². The quantitative estimate of drug-likeness (QED) is 0.783. The van der Waals surface area contributed by atoms with E-state index in [0.29, 0.717) is 23.4 Å². The van der Waals surface area contributed by atoms with Crippen molar-refractivity contribution in [1.29, 1.82) is 0 Å². The van der Waals surface area contributed by atoms with Crippen molar-refractivity contribution in [1.82, 2.24) is 30.2 Å². The minimum Gasteiger partial charge on any atom is -0.355 e. The van der Waals surface area contributed by atoms with Crippen LogP contribution in [-0.4, -0.2) is 62.2 Å². The standard InChI is InChI=1S/C18H29N7O/c1-13(2)11-24(12-14(3)4)18(26)15-7-9-23(10-8-15)17-6-5-16-19-21-22-25(16)20-17/h5-6,13-15H,7-12H2,1-4H3. The number of piperidine rings is 1. The molecule has 1 saturated heterocycles. The molecule has 0 spiro atoms. The van der Waals surface area contributed by atoms with Gasteiger partial charge in [-0.1, -0.05) is 27.7 Å². The predicted molar refractivity (Wildman–Crippen MR) is 99.8 cm³/mol. The highest BCUT2D eigenvalue weighted by molar-refractivity contribution is 5.79. The molecule has 0 aromatic carbocycles. The Morgan fingerprint density at radius 1 is 1.15 bits per heavy atom. The number of carbonyl (C=O) groups excluding carboxylic acids is 1. The maximum Gasteiger partial charge on any atom is 0.225 e. The van der Waals surface area contributed by atoms with Gasteiger partial charge in [0.25, 0.3) is 0 Å². The molecule has 1 fully saturated rings. The first-order chi connectivity index (χ1) is 12.4. The van der Waals surface area contributed by atoms with Crippen LogP contribution in [0.1, 0.15) is 40.5 Å². The number of rotatable bonds is 6. The van der Waals surface area contributed by atoms with Crippen molar-refractivity contribution in [2.24, 2.45) is 17.8 Å². The minimum absolute atomic E-state index is 0.112. The zero-order valence-corrected chi connectivity index (χ0v) is 16.2. The van der Waals surface area contributed by atoms with Crippen molar-refractivity contribution in [3.8, 4) is 0 Å². The molecule has 26 heavy (non-hydrogen) atoms. The maximum atomic E-state index is 13.0. The molecular formula is C18H29N7O. The van der Waals surface area contributed by atoms with Crippen molar-refractivity contribution in [3.63, 3.8) is 0 Å². The Kier molecular flexibility index (Phi) is 5.68. The van der Waals surface area contributed by atoms with Gasteiger partial charge in [0.1, 0.15) is 0 Å². The van der Waals surface area contributed by atoms with E-state index in [1.807, 2.05) is 12.1 Å². The third-order valence-corrected chi connectivity index (χ3v) is 4.71. The molecule has 8 nitrogen and oxygen atoms in total. The Bertz CT molecular complexity index is 724. The summed E-state index contributed by atoms with van der Waals surface area (Å²) in [5.74, 6) is 2.27. The first-order valence-corrected chi connectivity index (χ1v) is 9.53. The van der Waals surface area contributed by atoms with E-state index in [0.717, 1.165) is 44.8 Å². The van der Waals surface area contributed by atoms with Gasteiger partial charge in [0.05, 0.1) is 0 Å². The fraction of sp³-hybridized carbons (Fsp3) is 0.722. The van der Waals surface area contributed by atoms with Crippen LogP contribution >= 0.6 is 0 Å². The molecule has 1 aliphatic rings. The Balaban J connectivity index is 1.61. The normalized spacial score (nSPS) is 16.0. The second-order valence-corrected chi connectivity index (χ2v) is 8.01. The molecular weight excluding hydrogens is 330 g/mol. The molecule has 3 heterocycles. The van der Waals surface area contributed by atoms with Gasteiger partial charge >= 0.3 is 0 Å². The van der Waals surface area contributed by atoms with Gasteiger partial charge in [-0.2, -0.15) is 0 Å². The maximum absolute atomic E-state index is 13.0. The van der Waals surface area contributed by atoms with E-state index in [1.165, 1.54) is 4.63 Å². The van der Waals surface area contributed by atoms with Crippen LogP contribution in [0.3, 0.4) is 0 Å². The fourth-order valence-electron chi connectivity index (χ4n) is 3.56. The van der Waals surface area contributed by atoms with Crippen LogP contribution < -0.4 is 4.90 Å². The molecule has 2 aromatic heterocycles. The highest BCUT2D eigenvalue weighted by Gasteiger charge is 2.29. The van der Waals surface area contributed by atoms with Crippen LogP contribution in [0, 0.1) is 17.8 Å². The number of aromatic nitrogens is 5. The van der Waals surface area contributed by atoms with Crippen molar-refractivity contribution in [3.05, 3.63) is 12.1 Å². The fourth-order valence-corrected chi connectivity index (χ4v) is 3.56. The third-order valence-electron chi connectivity index (χ3n) is 4.71. The molecule has 2 aromatic rings. The number of amides is 1. The smallest absolute Gasteiger partial charge is 0.225 e. The monoisotopic (exact) mass is 359 g/mol. The second kappa shape index (κ2) is 7.97. The Hall–Kier alpha value is -2.25. The molecule has 0 aliphatic carbocycles. The van der Waals surface area contributed by atoms with Gasteiger partial charge in [-0.25, -0.2) is 0 Å². The Morgan fingerprint density at radius 2 is 1.81 bits per heavy atom. The van der Waals surface area contributed by atoms with Gasteiger partial charge in [-0.15, -0.1) is 14.8 Å². The lowest BCUT2D eigenvalue weighted by Gasteiger charge is -2.35. The van der Waals surface area contributed by atoms with Gasteiger partial charge in [-0.3, -0.25) is 4.79 Å². The summed E-state index contributed by atoms with van der Waals surface area (Å²) in [4.78, 5) is 17.3. The number of hydrogen-bond acceptors (Lipinski definition) is 6. The van der Waals surface area contributed by atoms with Gasteiger partial charge in [0, 0.05) is 32.1 Å². The van der Waals surface area contributed by atoms with Crippen LogP contribution in [-0.2, 0) is 4.79 Å². The van der Waals surface area contributed by atoms with E-state index in [1.54, 1.807) is 0 Å². The highest BCUT2D eigenvalue weighted by atomic mass is 16.2. The number of nitrogens with zero attached hydrogens (tertiary/aromatic N) is 7. The number of hydrogen-bond donors (Lipinski definition) is 0. The molecule has 0 N–H and O–H groups in total. The number of tetrazole rings is 1. The first-order valence-electron chi connectivity index (χ1n) is 9.53. The highest BCUT2D eigenvalue weighted by Crippen LogP contribution is 2.24. The molecule has 0 unspecified atom stereocenters. The third kappa shape index (κ3) is 4.28. The summed E-state index contributed by atoms with van der Waals surface area (Å²) in [6, 6.07) is 3.81. The van der Waals surface area contributed by atoms with Crippen molar-refractivity contribution in [2.75, 3.05) is 31.1 Å². The minimum atomic E-state index is 0.112. The predicted octanol–water partition coefficient (Wildman–Crippen LogP) is 1.88. The van der Waals surface area contributed by atoms with E-state index in [2.05, 4.69) is 58.1 Å². The molecule has 1 amide bonds.